The molecule has 1 atom stereocenters. The van der Waals surface area contributed by atoms with E-state index in [1.807, 2.05) is 13.0 Å². The predicted octanol–water partition coefficient (Wildman–Crippen LogP) is 4.01. The number of rotatable bonds is 9. The highest BCUT2D eigenvalue weighted by Gasteiger charge is 2.08. The molecule has 0 aromatic heterocycles. The van der Waals surface area contributed by atoms with E-state index in [4.69, 9.17) is 9.47 Å². The molecule has 0 aliphatic rings. The molecule has 1 aromatic carbocycles. The molecule has 1 aromatic rings. The second kappa shape index (κ2) is 8.85. The fraction of sp³-hybridized carbons (Fsp3) is 0.647. The van der Waals surface area contributed by atoms with E-state index in [1.54, 1.807) is 0 Å². The van der Waals surface area contributed by atoms with Crippen LogP contribution in [0.15, 0.2) is 18.2 Å². The van der Waals surface area contributed by atoms with Gasteiger partial charge in [-0.2, -0.15) is 0 Å². The molecule has 3 nitrogen and oxygen atoms in total. The Bertz CT molecular complexity index is 391. The summed E-state index contributed by atoms with van der Waals surface area (Å²) in [7, 11) is 0. The number of benzene rings is 1. The normalized spacial score (nSPS) is 12.5. The highest BCUT2D eigenvalue weighted by atomic mass is 16.5. The van der Waals surface area contributed by atoms with Crippen LogP contribution in [0.1, 0.15) is 46.6 Å². The van der Waals surface area contributed by atoms with Crippen LogP contribution in [0.25, 0.3) is 0 Å². The van der Waals surface area contributed by atoms with Gasteiger partial charge in [-0.05, 0) is 43.9 Å². The summed E-state index contributed by atoms with van der Waals surface area (Å²) in [6.07, 6.45) is 1.13. The van der Waals surface area contributed by atoms with Gasteiger partial charge >= 0.3 is 0 Å². The van der Waals surface area contributed by atoms with Gasteiger partial charge in [0, 0.05) is 12.6 Å². The summed E-state index contributed by atoms with van der Waals surface area (Å²) in [5.74, 6) is 2.20. The molecular formula is C17H29NO2. The number of hydrogen-bond donors (Lipinski definition) is 1. The second-order valence-corrected chi connectivity index (χ2v) is 5.61. The Morgan fingerprint density at radius 1 is 1.05 bits per heavy atom. The van der Waals surface area contributed by atoms with Crippen molar-refractivity contribution in [3.8, 4) is 11.5 Å². The summed E-state index contributed by atoms with van der Waals surface area (Å²) < 4.78 is 11.5. The van der Waals surface area contributed by atoms with Crippen molar-refractivity contribution in [2.75, 3.05) is 13.2 Å². The third kappa shape index (κ3) is 5.83. The zero-order valence-corrected chi connectivity index (χ0v) is 13.5. The lowest BCUT2D eigenvalue weighted by Gasteiger charge is -2.16. The van der Waals surface area contributed by atoms with Crippen molar-refractivity contribution in [2.45, 2.75) is 53.6 Å². The van der Waals surface area contributed by atoms with E-state index >= 15 is 0 Å². The molecule has 20 heavy (non-hydrogen) atoms. The van der Waals surface area contributed by atoms with E-state index in [2.05, 4.69) is 45.1 Å². The Morgan fingerprint density at radius 3 is 2.40 bits per heavy atom. The van der Waals surface area contributed by atoms with Crippen LogP contribution in [0.2, 0.25) is 0 Å². The lowest BCUT2D eigenvalue weighted by atomic mass is 10.1. The minimum absolute atomic E-state index is 0.510. The van der Waals surface area contributed by atoms with Gasteiger partial charge < -0.3 is 14.8 Å². The van der Waals surface area contributed by atoms with Gasteiger partial charge in [0.1, 0.15) is 0 Å². The van der Waals surface area contributed by atoms with Gasteiger partial charge in [0.05, 0.1) is 13.2 Å². The SMILES string of the molecule is CCOc1cc(CN[C@H](C)CC)ccc1OCC(C)C. The Balaban J connectivity index is 2.72. The molecule has 0 saturated carbocycles. The maximum Gasteiger partial charge on any atom is 0.161 e. The van der Waals surface area contributed by atoms with Crippen molar-refractivity contribution in [2.24, 2.45) is 5.92 Å². The molecule has 0 spiro atoms. The van der Waals surface area contributed by atoms with E-state index in [-0.39, 0.29) is 0 Å². The summed E-state index contributed by atoms with van der Waals surface area (Å²) in [5, 5.41) is 3.49. The van der Waals surface area contributed by atoms with Crippen LogP contribution < -0.4 is 14.8 Å². The molecule has 0 saturated heterocycles. The monoisotopic (exact) mass is 279 g/mol. The predicted molar refractivity (Wildman–Crippen MR) is 84.5 cm³/mol. The molecular weight excluding hydrogens is 250 g/mol. The van der Waals surface area contributed by atoms with Crippen molar-refractivity contribution >= 4 is 0 Å². The first kappa shape index (κ1) is 16.8. The third-order valence-corrected chi connectivity index (χ3v) is 3.15. The van der Waals surface area contributed by atoms with Gasteiger partial charge in [-0.25, -0.2) is 0 Å². The van der Waals surface area contributed by atoms with Gasteiger partial charge in [0.2, 0.25) is 0 Å². The maximum atomic E-state index is 5.81. The van der Waals surface area contributed by atoms with Gasteiger partial charge in [0.25, 0.3) is 0 Å². The highest BCUT2D eigenvalue weighted by molar-refractivity contribution is 5.43. The lowest BCUT2D eigenvalue weighted by Crippen LogP contribution is -2.24. The fourth-order valence-electron chi connectivity index (χ4n) is 1.74. The third-order valence-electron chi connectivity index (χ3n) is 3.15. The first-order valence-electron chi connectivity index (χ1n) is 7.68. The van der Waals surface area contributed by atoms with Crippen LogP contribution in [0, 0.1) is 5.92 Å². The van der Waals surface area contributed by atoms with Gasteiger partial charge in [-0.1, -0.05) is 26.8 Å². The average molecular weight is 279 g/mol. The number of ether oxygens (including phenoxy) is 2. The molecule has 0 unspecified atom stereocenters. The van der Waals surface area contributed by atoms with Crippen LogP contribution in [0.5, 0.6) is 11.5 Å². The standard InChI is InChI=1S/C17H29NO2/c1-6-14(5)18-11-15-8-9-16(20-12-13(3)4)17(10-15)19-7-2/h8-10,13-14,18H,6-7,11-12H2,1-5H3/t14-/m1/s1. The van der Waals surface area contributed by atoms with Crippen LogP contribution in [-0.2, 0) is 6.54 Å². The molecule has 0 aliphatic heterocycles. The van der Waals surface area contributed by atoms with Gasteiger partial charge in [-0.3, -0.25) is 0 Å². The van der Waals surface area contributed by atoms with Crippen molar-refractivity contribution in [1.82, 2.24) is 5.32 Å². The van der Waals surface area contributed by atoms with Crippen molar-refractivity contribution < 1.29 is 9.47 Å². The average Bonchev–Trinajstić information content (AvgIpc) is 2.43. The number of hydrogen-bond acceptors (Lipinski definition) is 3. The molecule has 114 valence electrons. The van der Waals surface area contributed by atoms with E-state index < -0.39 is 0 Å². The first-order valence-corrected chi connectivity index (χ1v) is 7.68. The van der Waals surface area contributed by atoms with Crippen LogP contribution in [0.3, 0.4) is 0 Å². The Labute approximate surface area is 123 Å². The van der Waals surface area contributed by atoms with E-state index in [1.165, 1.54) is 5.56 Å². The Kier molecular flexibility index (Phi) is 7.45. The molecule has 0 aliphatic carbocycles. The van der Waals surface area contributed by atoms with Gasteiger partial charge in [0.15, 0.2) is 11.5 Å². The zero-order valence-electron chi connectivity index (χ0n) is 13.5. The minimum atomic E-state index is 0.510. The van der Waals surface area contributed by atoms with Crippen LogP contribution in [0.4, 0.5) is 0 Å². The first-order chi connectivity index (χ1) is 9.56. The molecule has 0 radical (unpaired) electrons. The molecule has 3 heteroatoms. The van der Waals surface area contributed by atoms with Crippen LogP contribution in [-0.4, -0.2) is 19.3 Å². The topological polar surface area (TPSA) is 30.5 Å². The molecule has 0 bridgehead atoms. The van der Waals surface area contributed by atoms with E-state index in [0.29, 0.717) is 25.2 Å². The maximum absolute atomic E-state index is 5.81. The van der Waals surface area contributed by atoms with Crippen molar-refractivity contribution in [3.05, 3.63) is 23.8 Å². The quantitative estimate of drug-likeness (QED) is 0.741. The molecule has 0 fully saturated rings. The Hall–Kier alpha value is -1.22. The van der Waals surface area contributed by atoms with E-state index in [0.717, 1.165) is 24.5 Å². The smallest absolute Gasteiger partial charge is 0.161 e. The molecule has 1 rings (SSSR count). The molecule has 0 heterocycles. The fourth-order valence-corrected chi connectivity index (χ4v) is 1.74. The summed E-state index contributed by atoms with van der Waals surface area (Å²) in [4.78, 5) is 0. The summed E-state index contributed by atoms with van der Waals surface area (Å²) in [6, 6.07) is 6.73. The highest BCUT2D eigenvalue weighted by Crippen LogP contribution is 2.29. The lowest BCUT2D eigenvalue weighted by molar-refractivity contribution is 0.248. The number of nitrogens with one attached hydrogen (secondary N) is 1. The van der Waals surface area contributed by atoms with Crippen molar-refractivity contribution in [1.29, 1.82) is 0 Å². The Morgan fingerprint density at radius 2 is 1.80 bits per heavy atom. The summed E-state index contributed by atoms with van der Waals surface area (Å²) >= 11 is 0. The van der Waals surface area contributed by atoms with Crippen molar-refractivity contribution in [3.63, 3.8) is 0 Å². The van der Waals surface area contributed by atoms with Gasteiger partial charge in [-0.15, -0.1) is 0 Å². The molecule has 1 N–H and O–H groups in total. The minimum Gasteiger partial charge on any atom is -0.490 e. The summed E-state index contributed by atoms with van der Waals surface area (Å²) in [6.45, 7) is 12.9. The van der Waals surface area contributed by atoms with Crippen LogP contribution >= 0.6 is 0 Å². The molecule has 0 amide bonds. The zero-order chi connectivity index (χ0) is 15.0. The van der Waals surface area contributed by atoms with E-state index in [9.17, 15) is 0 Å². The summed E-state index contributed by atoms with van der Waals surface area (Å²) in [5.41, 5.74) is 1.23. The largest absolute Gasteiger partial charge is 0.490 e. The second-order valence-electron chi connectivity index (χ2n) is 5.61.